The lowest BCUT2D eigenvalue weighted by atomic mass is 9.95. The molecule has 7 nitrogen and oxygen atoms in total. The number of carbonyl (C=O) groups is 1. The van der Waals surface area contributed by atoms with E-state index < -0.39 is 22.0 Å². The third-order valence-corrected chi connectivity index (χ3v) is 7.99. The van der Waals surface area contributed by atoms with E-state index in [4.69, 9.17) is 11.6 Å². The van der Waals surface area contributed by atoms with Crippen LogP contribution in [0.3, 0.4) is 0 Å². The molecule has 0 spiro atoms. The number of halogens is 1. The number of nitrogens with one attached hydrogen (secondary N) is 2. The van der Waals surface area contributed by atoms with E-state index in [9.17, 15) is 13.2 Å². The van der Waals surface area contributed by atoms with E-state index >= 15 is 0 Å². The van der Waals surface area contributed by atoms with Gasteiger partial charge in [0.2, 0.25) is 9.47 Å². The standard InChI is InChI=1S/C24H21ClN4O3S2/c1-15-8-13-20(16(2)14-15)21(17-6-4-3-5-7-17)29-34(31,32)24-28-27-23(33-24)26-22(30)18-9-11-19(25)12-10-18/h3-14,21,29H,1-2H3,(H,26,27,30)/t21-/m1/s1. The Labute approximate surface area is 206 Å². The van der Waals surface area contributed by atoms with Crippen molar-refractivity contribution in [3.63, 3.8) is 0 Å². The molecule has 0 radical (unpaired) electrons. The van der Waals surface area contributed by atoms with Gasteiger partial charge in [0.1, 0.15) is 0 Å². The van der Waals surface area contributed by atoms with Gasteiger partial charge in [-0.3, -0.25) is 10.1 Å². The van der Waals surface area contributed by atoms with Crippen LogP contribution in [0.2, 0.25) is 5.02 Å². The molecule has 1 aromatic heterocycles. The normalized spacial score (nSPS) is 12.3. The minimum absolute atomic E-state index is 0.0723. The Morgan fingerprint density at radius 1 is 0.971 bits per heavy atom. The molecule has 4 aromatic rings. The van der Waals surface area contributed by atoms with Crippen LogP contribution in [-0.4, -0.2) is 24.5 Å². The van der Waals surface area contributed by atoms with Crippen LogP contribution in [0.15, 0.2) is 77.1 Å². The third kappa shape index (κ3) is 5.51. The van der Waals surface area contributed by atoms with Crippen LogP contribution in [0.25, 0.3) is 0 Å². The van der Waals surface area contributed by atoms with E-state index in [1.54, 1.807) is 24.3 Å². The second kappa shape index (κ2) is 10.0. The average molecular weight is 513 g/mol. The Bertz CT molecular complexity index is 1420. The predicted molar refractivity (Wildman–Crippen MR) is 134 cm³/mol. The summed E-state index contributed by atoms with van der Waals surface area (Å²) in [7, 11) is -4.04. The topological polar surface area (TPSA) is 101 Å². The quantitative estimate of drug-likeness (QED) is 0.334. The molecule has 0 bridgehead atoms. The number of sulfonamides is 1. The number of nitrogens with zero attached hydrogens (tertiary/aromatic N) is 2. The Morgan fingerprint density at radius 2 is 1.68 bits per heavy atom. The minimum Gasteiger partial charge on any atom is -0.296 e. The summed E-state index contributed by atoms with van der Waals surface area (Å²) in [5.41, 5.74) is 4.03. The first kappa shape index (κ1) is 24.0. The molecule has 1 amide bonds. The van der Waals surface area contributed by atoms with Crippen LogP contribution in [0.4, 0.5) is 5.13 Å². The van der Waals surface area contributed by atoms with Gasteiger partial charge in [0.25, 0.3) is 15.9 Å². The number of anilines is 1. The SMILES string of the molecule is Cc1ccc([C@H](NS(=O)(=O)c2nnc(NC(=O)c3ccc(Cl)cc3)s2)c2ccccc2)c(C)c1. The Balaban J connectivity index is 1.59. The van der Waals surface area contributed by atoms with Crippen molar-refractivity contribution in [1.29, 1.82) is 0 Å². The first-order valence-corrected chi connectivity index (χ1v) is 13.0. The molecular formula is C24H21ClN4O3S2. The highest BCUT2D eigenvalue weighted by atomic mass is 35.5. The fourth-order valence-electron chi connectivity index (χ4n) is 3.45. The van der Waals surface area contributed by atoms with Crippen molar-refractivity contribution < 1.29 is 13.2 Å². The number of rotatable bonds is 7. The number of hydrogen-bond donors (Lipinski definition) is 2. The van der Waals surface area contributed by atoms with Crippen molar-refractivity contribution in [2.75, 3.05) is 5.32 Å². The summed E-state index contributed by atoms with van der Waals surface area (Å²) < 4.78 is 29.0. The largest absolute Gasteiger partial charge is 0.296 e. The zero-order valence-corrected chi connectivity index (χ0v) is 20.7. The summed E-state index contributed by atoms with van der Waals surface area (Å²) in [4.78, 5) is 12.4. The lowest BCUT2D eigenvalue weighted by Gasteiger charge is -2.21. The van der Waals surface area contributed by atoms with Gasteiger partial charge >= 0.3 is 0 Å². The smallest absolute Gasteiger partial charge is 0.270 e. The molecule has 0 aliphatic carbocycles. The molecule has 1 atom stereocenters. The summed E-state index contributed by atoms with van der Waals surface area (Å²) >= 11 is 6.63. The number of aromatic nitrogens is 2. The molecule has 3 aromatic carbocycles. The van der Waals surface area contributed by atoms with Crippen molar-refractivity contribution in [1.82, 2.24) is 14.9 Å². The van der Waals surface area contributed by atoms with Gasteiger partial charge in [0.15, 0.2) is 0 Å². The maximum Gasteiger partial charge on any atom is 0.270 e. The van der Waals surface area contributed by atoms with Gasteiger partial charge in [0.05, 0.1) is 6.04 Å². The van der Waals surface area contributed by atoms with Crippen LogP contribution in [0, 0.1) is 13.8 Å². The molecule has 34 heavy (non-hydrogen) atoms. The molecule has 0 unspecified atom stereocenters. The summed E-state index contributed by atoms with van der Waals surface area (Å²) in [6.45, 7) is 3.93. The molecule has 1 heterocycles. The predicted octanol–water partition coefficient (Wildman–Crippen LogP) is 5.13. The van der Waals surface area contributed by atoms with Crippen molar-refractivity contribution in [3.8, 4) is 0 Å². The molecular weight excluding hydrogens is 492 g/mol. The first-order chi connectivity index (χ1) is 16.2. The highest BCUT2D eigenvalue weighted by Gasteiger charge is 2.27. The first-order valence-electron chi connectivity index (χ1n) is 10.3. The molecule has 2 N–H and O–H groups in total. The van der Waals surface area contributed by atoms with Crippen molar-refractivity contribution >= 4 is 44.0 Å². The zero-order chi connectivity index (χ0) is 24.3. The summed E-state index contributed by atoms with van der Waals surface area (Å²) in [6, 6.07) is 20.9. The average Bonchev–Trinajstić information content (AvgIpc) is 3.28. The van der Waals surface area contributed by atoms with Gasteiger partial charge < -0.3 is 0 Å². The lowest BCUT2D eigenvalue weighted by Crippen LogP contribution is -2.30. The third-order valence-electron chi connectivity index (χ3n) is 5.11. The number of amides is 1. The van der Waals surface area contributed by atoms with Crippen molar-refractivity contribution in [2.24, 2.45) is 0 Å². The molecule has 0 aliphatic heterocycles. The van der Waals surface area contributed by atoms with Gasteiger partial charge in [0, 0.05) is 10.6 Å². The van der Waals surface area contributed by atoms with E-state index in [0.717, 1.165) is 33.6 Å². The maximum atomic E-state index is 13.2. The number of hydrogen-bond acceptors (Lipinski definition) is 6. The molecule has 10 heteroatoms. The molecule has 174 valence electrons. The fraction of sp³-hybridized carbons (Fsp3) is 0.125. The Morgan fingerprint density at radius 3 is 2.35 bits per heavy atom. The molecule has 0 aliphatic rings. The Kier molecular flexibility index (Phi) is 7.08. The zero-order valence-electron chi connectivity index (χ0n) is 18.3. The number of aryl methyl sites for hydroxylation is 2. The Hall–Kier alpha value is -3.11. The second-order valence-corrected chi connectivity index (χ2v) is 11.0. The second-order valence-electron chi connectivity index (χ2n) is 7.66. The summed E-state index contributed by atoms with van der Waals surface area (Å²) in [5.74, 6) is -0.442. The van der Waals surface area contributed by atoms with E-state index in [1.807, 2.05) is 62.4 Å². The van der Waals surface area contributed by atoms with E-state index in [2.05, 4.69) is 20.2 Å². The monoisotopic (exact) mass is 512 g/mol. The lowest BCUT2D eigenvalue weighted by molar-refractivity contribution is 0.102. The van der Waals surface area contributed by atoms with Crippen molar-refractivity contribution in [3.05, 3.63) is 106 Å². The van der Waals surface area contributed by atoms with Crippen LogP contribution < -0.4 is 10.0 Å². The summed E-state index contributed by atoms with van der Waals surface area (Å²) in [5, 5.41) is 10.8. The van der Waals surface area contributed by atoms with Crippen LogP contribution >= 0.6 is 22.9 Å². The molecule has 0 saturated carbocycles. The highest BCUT2D eigenvalue weighted by Crippen LogP contribution is 2.29. The highest BCUT2D eigenvalue weighted by molar-refractivity contribution is 7.91. The number of carbonyl (C=O) groups excluding carboxylic acids is 1. The van der Waals surface area contributed by atoms with Gasteiger partial charge in [-0.25, -0.2) is 8.42 Å². The van der Waals surface area contributed by atoms with Gasteiger partial charge in [-0.15, -0.1) is 10.2 Å². The molecule has 0 saturated heterocycles. The molecule has 0 fully saturated rings. The van der Waals surface area contributed by atoms with Crippen LogP contribution in [-0.2, 0) is 10.0 Å². The van der Waals surface area contributed by atoms with Crippen LogP contribution in [0.1, 0.15) is 38.7 Å². The summed E-state index contributed by atoms with van der Waals surface area (Å²) in [6.07, 6.45) is 0. The van der Waals surface area contributed by atoms with Gasteiger partial charge in [-0.1, -0.05) is 77.0 Å². The minimum atomic E-state index is -4.04. The van der Waals surface area contributed by atoms with E-state index in [-0.39, 0.29) is 9.47 Å². The number of benzene rings is 3. The fourth-order valence-corrected chi connectivity index (χ4v) is 5.69. The van der Waals surface area contributed by atoms with Crippen molar-refractivity contribution in [2.45, 2.75) is 24.2 Å². The maximum absolute atomic E-state index is 13.2. The van der Waals surface area contributed by atoms with Crippen LogP contribution in [0.5, 0.6) is 0 Å². The molecule has 4 rings (SSSR count). The van der Waals surface area contributed by atoms with E-state index in [1.165, 1.54) is 0 Å². The van der Waals surface area contributed by atoms with Gasteiger partial charge in [-0.05, 0) is 54.8 Å². The van der Waals surface area contributed by atoms with E-state index in [0.29, 0.717) is 10.6 Å². The van der Waals surface area contributed by atoms with Gasteiger partial charge in [-0.2, -0.15) is 4.72 Å².